The summed E-state index contributed by atoms with van der Waals surface area (Å²) < 4.78 is 5.21. The Morgan fingerprint density at radius 2 is 2.00 bits per heavy atom. The van der Waals surface area contributed by atoms with Gasteiger partial charge >= 0.3 is 6.09 Å². The van der Waals surface area contributed by atoms with E-state index in [9.17, 15) is 4.79 Å². The van der Waals surface area contributed by atoms with Gasteiger partial charge in [-0.25, -0.2) is 9.78 Å². The Morgan fingerprint density at radius 3 is 2.68 bits per heavy atom. The molecule has 0 atom stereocenters. The van der Waals surface area contributed by atoms with Gasteiger partial charge in [0.15, 0.2) is 0 Å². The van der Waals surface area contributed by atoms with E-state index in [1.54, 1.807) is 6.20 Å². The number of amides is 1. The summed E-state index contributed by atoms with van der Waals surface area (Å²) in [5, 5.41) is 5.96. The molecule has 1 heterocycles. The summed E-state index contributed by atoms with van der Waals surface area (Å²) in [5.41, 5.74) is 1.40. The zero-order chi connectivity index (χ0) is 16.0. The smallest absolute Gasteiger partial charge is 0.407 e. The fourth-order valence-corrected chi connectivity index (χ4v) is 1.83. The first kappa shape index (κ1) is 15.8. The minimum Gasteiger partial charge on any atom is -0.444 e. The van der Waals surface area contributed by atoms with Crippen molar-refractivity contribution in [3.8, 4) is 0 Å². The predicted octanol–water partition coefficient (Wildman–Crippen LogP) is 3.85. The van der Waals surface area contributed by atoms with E-state index in [4.69, 9.17) is 4.74 Å². The van der Waals surface area contributed by atoms with Crippen molar-refractivity contribution in [2.75, 3.05) is 5.32 Å². The average Bonchev–Trinajstić information content (AvgIpc) is 2.45. The van der Waals surface area contributed by atoms with E-state index in [1.165, 1.54) is 0 Å². The van der Waals surface area contributed by atoms with Crippen molar-refractivity contribution in [2.45, 2.75) is 32.9 Å². The van der Waals surface area contributed by atoms with Crippen molar-refractivity contribution >= 4 is 17.6 Å². The lowest BCUT2D eigenvalue weighted by Crippen LogP contribution is -2.32. The van der Waals surface area contributed by atoms with Crippen LogP contribution in [0.3, 0.4) is 0 Å². The number of benzene rings is 1. The second kappa shape index (κ2) is 6.93. The van der Waals surface area contributed by atoms with Crippen LogP contribution in [0.1, 0.15) is 26.3 Å². The Bertz CT molecular complexity index is 621. The third kappa shape index (κ3) is 5.44. The molecule has 0 aliphatic carbocycles. The Kier molecular flexibility index (Phi) is 4.99. The van der Waals surface area contributed by atoms with Crippen molar-refractivity contribution < 1.29 is 9.53 Å². The lowest BCUT2D eigenvalue weighted by atomic mass is 10.2. The fourth-order valence-electron chi connectivity index (χ4n) is 1.83. The van der Waals surface area contributed by atoms with Gasteiger partial charge in [0.25, 0.3) is 0 Å². The Morgan fingerprint density at radius 1 is 1.18 bits per heavy atom. The van der Waals surface area contributed by atoms with Gasteiger partial charge in [-0.1, -0.05) is 18.2 Å². The summed E-state index contributed by atoms with van der Waals surface area (Å²) in [6.45, 7) is 5.92. The molecule has 0 aliphatic heterocycles. The third-order valence-corrected chi connectivity index (χ3v) is 2.70. The largest absolute Gasteiger partial charge is 0.444 e. The lowest BCUT2D eigenvalue weighted by molar-refractivity contribution is 0.0523. The van der Waals surface area contributed by atoms with Crippen LogP contribution in [-0.4, -0.2) is 16.7 Å². The van der Waals surface area contributed by atoms with Crippen LogP contribution in [0.15, 0.2) is 48.7 Å². The van der Waals surface area contributed by atoms with Crippen LogP contribution in [0.2, 0.25) is 0 Å². The molecular weight excluding hydrogens is 278 g/mol. The number of pyridine rings is 1. The molecule has 0 saturated heterocycles. The summed E-state index contributed by atoms with van der Waals surface area (Å²) in [6, 6.07) is 13.5. The van der Waals surface area contributed by atoms with Gasteiger partial charge in [0, 0.05) is 18.4 Å². The Labute approximate surface area is 130 Å². The van der Waals surface area contributed by atoms with Gasteiger partial charge in [-0.05, 0) is 50.6 Å². The molecule has 0 bridgehead atoms. The average molecular weight is 299 g/mol. The number of aromatic nitrogens is 1. The van der Waals surface area contributed by atoms with Crippen LogP contribution >= 0.6 is 0 Å². The SMILES string of the molecule is CC(C)(C)OC(=O)NCc1cccc(Nc2ccccn2)c1. The van der Waals surface area contributed by atoms with Crippen molar-refractivity contribution in [1.29, 1.82) is 0 Å². The zero-order valence-electron chi connectivity index (χ0n) is 13.1. The van der Waals surface area contributed by atoms with E-state index >= 15 is 0 Å². The van der Waals surface area contributed by atoms with Crippen molar-refractivity contribution in [1.82, 2.24) is 10.3 Å². The highest BCUT2D eigenvalue weighted by molar-refractivity contribution is 5.67. The fraction of sp³-hybridized carbons (Fsp3) is 0.294. The monoisotopic (exact) mass is 299 g/mol. The maximum absolute atomic E-state index is 11.6. The molecule has 2 N–H and O–H groups in total. The van der Waals surface area contributed by atoms with Crippen molar-refractivity contribution in [3.05, 3.63) is 54.2 Å². The van der Waals surface area contributed by atoms with E-state index in [2.05, 4.69) is 15.6 Å². The molecule has 5 nitrogen and oxygen atoms in total. The van der Waals surface area contributed by atoms with Gasteiger partial charge in [0.1, 0.15) is 11.4 Å². The van der Waals surface area contributed by atoms with E-state index in [1.807, 2.05) is 63.2 Å². The second-order valence-corrected chi connectivity index (χ2v) is 5.90. The van der Waals surface area contributed by atoms with Gasteiger partial charge in [0.2, 0.25) is 0 Å². The molecule has 0 radical (unpaired) electrons. The number of rotatable bonds is 4. The molecule has 2 aromatic rings. The molecule has 1 amide bonds. The van der Waals surface area contributed by atoms with Crippen LogP contribution in [0.5, 0.6) is 0 Å². The third-order valence-electron chi connectivity index (χ3n) is 2.70. The maximum atomic E-state index is 11.6. The molecule has 0 unspecified atom stereocenters. The number of ether oxygens (including phenoxy) is 1. The first-order valence-electron chi connectivity index (χ1n) is 7.16. The molecule has 1 aromatic carbocycles. The first-order chi connectivity index (χ1) is 10.4. The van der Waals surface area contributed by atoms with Gasteiger partial charge in [-0.15, -0.1) is 0 Å². The zero-order valence-corrected chi connectivity index (χ0v) is 13.1. The van der Waals surface area contributed by atoms with Crippen molar-refractivity contribution in [2.24, 2.45) is 0 Å². The predicted molar refractivity (Wildman–Crippen MR) is 87.0 cm³/mol. The standard InChI is InChI=1S/C17H21N3O2/c1-17(2,3)22-16(21)19-12-13-7-6-8-14(11-13)20-15-9-4-5-10-18-15/h4-11H,12H2,1-3H3,(H,18,20)(H,19,21). The Balaban J connectivity index is 1.93. The van der Waals surface area contributed by atoms with Gasteiger partial charge < -0.3 is 15.4 Å². The van der Waals surface area contributed by atoms with E-state index in [0.29, 0.717) is 6.54 Å². The number of nitrogens with zero attached hydrogens (tertiary/aromatic N) is 1. The Hall–Kier alpha value is -2.56. The molecule has 2 rings (SSSR count). The van der Waals surface area contributed by atoms with Crippen LogP contribution in [0.4, 0.5) is 16.3 Å². The quantitative estimate of drug-likeness (QED) is 0.900. The highest BCUT2D eigenvalue weighted by Gasteiger charge is 2.15. The summed E-state index contributed by atoms with van der Waals surface area (Å²) in [5.74, 6) is 0.778. The summed E-state index contributed by atoms with van der Waals surface area (Å²) in [4.78, 5) is 15.9. The highest BCUT2D eigenvalue weighted by atomic mass is 16.6. The number of carbonyl (C=O) groups is 1. The first-order valence-corrected chi connectivity index (χ1v) is 7.16. The number of carbonyl (C=O) groups excluding carboxylic acids is 1. The number of nitrogens with one attached hydrogen (secondary N) is 2. The second-order valence-electron chi connectivity index (χ2n) is 5.90. The molecule has 0 aliphatic rings. The van der Waals surface area contributed by atoms with Crippen LogP contribution in [0, 0.1) is 0 Å². The molecule has 0 saturated carbocycles. The van der Waals surface area contributed by atoms with Gasteiger partial charge in [-0.2, -0.15) is 0 Å². The summed E-state index contributed by atoms with van der Waals surface area (Å²) in [6.07, 6.45) is 1.31. The van der Waals surface area contributed by atoms with E-state index in [-0.39, 0.29) is 0 Å². The highest BCUT2D eigenvalue weighted by Crippen LogP contribution is 2.15. The molecule has 22 heavy (non-hydrogen) atoms. The number of hydrogen-bond donors (Lipinski definition) is 2. The molecule has 116 valence electrons. The van der Waals surface area contributed by atoms with Gasteiger partial charge in [-0.3, -0.25) is 0 Å². The van der Waals surface area contributed by atoms with E-state index in [0.717, 1.165) is 17.1 Å². The maximum Gasteiger partial charge on any atom is 0.407 e. The summed E-state index contributed by atoms with van der Waals surface area (Å²) >= 11 is 0. The van der Waals surface area contributed by atoms with Crippen LogP contribution < -0.4 is 10.6 Å². The number of anilines is 2. The van der Waals surface area contributed by atoms with Crippen LogP contribution in [0.25, 0.3) is 0 Å². The lowest BCUT2D eigenvalue weighted by Gasteiger charge is -2.19. The van der Waals surface area contributed by atoms with Crippen LogP contribution in [-0.2, 0) is 11.3 Å². The van der Waals surface area contributed by atoms with E-state index < -0.39 is 11.7 Å². The molecule has 5 heteroatoms. The molecule has 1 aromatic heterocycles. The number of hydrogen-bond acceptors (Lipinski definition) is 4. The normalized spacial score (nSPS) is 10.9. The van der Waals surface area contributed by atoms with Crippen molar-refractivity contribution in [3.63, 3.8) is 0 Å². The topological polar surface area (TPSA) is 63.2 Å². The summed E-state index contributed by atoms with van der Waals surface area (Å²) in [7, 11) is 0. The minimum absolute atomic E-state index is 0.409. The van der Waals surface area contributed by atoms with Gasteiger partial charge in [0.05, 0.1) is 0 Å². The molecule has 0 fully saturated rings. The molecule has 0 spiro atoms. The molecular formula is C17H21N3O2. The minimum atomic E-state index is -0.494. The number of alkyl carbamates (subject to hydrolysis) is 1.